The second-order valence-corrected chi connectivity index (χ2v) is 3.90. The molecule has 0 amide bonds. The molecule has 0 aliphatic rings. The first-order chi connectivity index (χ1) is 8.15. The van der Waals surface area contributed by atoms with Crippen LogP contribution >= 0.6 is 11.6 Å². The fraction of sp³-hybridized carbons (Fsp3) is 0.0833. The molecule has 17 heavy (non-hydrogen) atoms. The van der Waals surface area contributed by atoms with Gasteiger partial charge in [0.05, 0.1) is 0 Å². The van der Waals surface area contributed by atoms with E-state index in [0.717, 1.165) is 11.1 Å². The van der Waals surface area contributed by atoms with Crippen LogP contribution in [0.4, 0.5) is 0 Å². The van der Waals surface area contributed by atoms with Crippen molar-refractivity contribution in [2.45, 2.75) is 6.42 Å². The van der Waals surface area contributed by atoms with E-state index < -0.39 is 5.97 Å². The van der Waals surface area contributed by atoms with Gasteiger partial charge >= 0.3 is 5.97 Å². The summed E-state index contributed by atoms with van der Waals surface area (Å²) in [6.45, 7) is 0. The number of hydrogen-bond acceptors (Lipinski definition) is 3. The van der Waals surface area contributed by atoms with Gasteiger partial charge in [0, 0.05) is 23.0 Å². The Morgan fingerprint density at radius 2 is 1.71 bits per heavy atom. The van der Waals surface area contributed by atoms with E-state index in [4.69, 9.17) is 16.7 Å². The smallest absolute Gasteiger partial charge is 0.311 e. The largest absolute Gasteiger partial charge is 0.481 e. The Balaban J connectivity index is 2.23. The van der Waals surface area contributed by atoms with Gasteiger partial charge in [-0.25, -0.2) is 9.97 Å². The minimum Gasteiger partial charge on any atom is -0.481 e. The minimum absolute atomic E-state index is 0.166. The third-order valence-corrected chi connectivity index (χ3v) is 2.44. The van der Waals surface area contributed by atoms with Gasteiger partial charge in [0.25, 0.3) is 0 Å². The van der Waals surface area contributed by atoms with Crippen molar-refractivity contribution in [1.82, 2.24) is 9.97 Å². The SMILES string of the molecule is O=C(O)Cc1ncc(-c2ccc(Cl)cc2)cn1. The molecular formula is C12H9ClN2O2. The minimum atomic E-state index is -0.941. The first kappa shape index (κ1) is 11.5. The third-order valence-electron chi connectivity index (χ3n) is 2.19. The van der Waals surface area contributed by atoms with Crippen LogP contribution in [0.3, 0.4) is 0 Å². The number of carboxylic acids is 1. The van der Waals surface area contributed by atoms with E-state index in [1.165, 1.54) is 0 Å². The predicted octanol–water partition coefficient (Wildman–Crippen LogP) is 2.42. The molecule has 0 saturated heterocycles. The summed E-state index contributed by atoms with van der Waals surface area (Å²) < 4.78 is 0. The van der Waals surface area contributed by atoms with E-state index >= 15 is 0 Å². The number of carboxylic acid groups (broad SMARTS) is 1. The lowest BCUT2D eigenvalue weighted by molar-refractivity contribution is -0.136. The molecular weight excluding hydrogens is 240 g/mol. The van der Waals surface area contributed by atoms with E-state index in [2.05, 4.69) is 9.97 Å². The summed E-state index contributed by atoms with van der Waals surface area (Å²) >= 11 is 5.79. The summed E-state index contributed by atoms with van der Waals surface area (Å²) in [6, 6.07) is 7.28. The van der Waals surface area contributed by atoms with Crippen molar-refractivity contribution in [3.8, 4) is 11.1 Å². The molecule has 86 valence electrons. The summed E-state index contributed by atoms with van der Waals surface area (Å²) in [6.07, 6.45) is 3.05. The molecule has 0 aliphatic carbocycles. The van der Waals surface area contributed by atoms with Gasteiger partial charge in [-0.05, 0) is 17.7 Å². The lowest BCUT2D eigenvalue weighted by atomic mass is 10.1. The van der Waals surface area contributed by atoms with Gasteiger partial charge in [-0.15, -0.1) is 0 Å². The number of carbonyl (C=O) groups is 1. The second-order valence-electron chi connectivity index (χ2n) is 3.47. The average molecular weight is 249 g/mol. The number of nitrogens with zero attached hydrogens (tertiary/aromatic N) is 2. The molecule has 1 aromatic heterocycles. The van der Waals surface area contributed by atoms with Gasteiger partial charge < -0.3 is 5.11 Å². The first-order valence-corrected chi connectivity index (χ1v) is 5.31. The van der Waals surface area contributed by atoms with Crippen LogP contribution in [0.2, 0.25) is 5.02 Å². The zero-order valence-corrected chi connectivity index (χ0v) is 9.55. The van der Waals surface area contributed by atoms with Gasteiger partial charge in [0.15, 0.2) is 0 Å². The highest BCUT2D eigenvalue weighted by atomic mass is 35.5. The van der Waals surface area contributed by atoms with Crippen LogP contribution in [-0.4, -0.2) is 21.0 Å². The molecule has 5 heteroatoms. The highest BCUT2D eigenvalue weighted by Gasteiger charge is 2.04. The highest BCUT2D eigenvalue weighted by molar-refractivity contribution is 6.30. The van der Waals surface area contributed by atoms with Crippen LogP contribution in [0, 0.1) is 0 Å². The van der Waals surface area contributed by atoms with E-state index in [9.17, 15) is 4.79 Å². The molecule has 4 nitrogen and oxygen atoms in total. The zero-order chi connectivity index (χ0) is 12.3. The van der Waals surface area contributed by atoms with Gasteiger partial charge in [-0.3, -0.25) is 4.79 Å². The Labute approximate surface area is 103 Å². The van der Waals surface area contributed by atoms with Crippen molar-refractivity contribution >= 4 is 17.6 Å². The molecule has 1 heterocycles. The maximum atomic E-state index is 10.5. The quantitative estimate of drug-likeness (QED) is 0.906. The van der Waals surface area contributed by atoms with E-state index in [-0.39, 0.29) is 6.42 Å². The molecule has 0 aliphatic heterocycles. The Morgan fingerprint density at radius 1 is 1.12 bits per heavy atom. The normalized spacial score (nSPS) is 10.2. The lowest BCUT2D eigenvalue weighted by Crippen LogP contribution is -2.04. The molecule has 0 atom stereocenters. The van der Waals surface area contributed by atoms with Crippen LogP contribution < -0.4 is 0 Å². The molecule has 1 N–H and O–H groups in total. The van der Waals surface area contributed by atoms with Crippen LogP contribution in [-0.2, 0) is 11.2 Å². The fourth-order valence-electron chi connectivity index (χ4n) is 1.37. The average Bonchev–Trinajstić information content (AvgIpc) is 2.30. The maximum Gasteiger partial charge on any atom is 0.311 e. The molecule has 0 bridgehead atoms. The molecule has 0 saturated carbocycles. The summed E-state index contributed by atoms with van der Waals surface area (Å²) in [5, 5.41) is 9.25. The summed E-state index contributed by atoms with van der Waals surface area (Å²) in [7, 11) is 0. The van der Waals surface area contributed by atoms with Gasteiger partial charge in [-0.1, -0.05) is 23.7 Å². The summed E-state index contributed by atoms with van der Waals surface area (Å²) in [5.74, 6) is -0.639. The lowest BCUT2D eigenvalue weighted by Gasteiger charge is -2.01. The Hall–Kier alpha value is -1.94. The van der Waals surface area contributed by atoms with Gasteiger partial charge in [-0.2, -0.15) is 0 Å². The second kappa shape index (κ2) is 4.93. The summed E-state index contributed by atoms with van der Waals surface area (Å²) in [5.41, 5.74) is 1.77. The Bertz CT molecular complexity index is 523. The number of aromatic nitrogens is 2. The topological polar surface area (TPSA) is 63.1 Å². The van der Waals surface area contributed by atoms with Crippen molar-refractivity contribution < 1.29 is 9.90 Å². The van der Waals surface area contributed by atoms with Crippen LogP contribution in [0.1, 0.15) is 5.82 Å². The maximum absolute atomic E-state index is 10.5. The Kier molecular flexibility index (Phi) is 3.35. The van der Waals surface area contributed by atoms with E-state index in [0.29, 0.717) is 10.8 Å². The van der Waals surface area contributed by atoms with Gasteiger partial charge in [0.1, 0.15) is 12.2 Å². The predicted molar refractivity (Wildman–Crippen MR) is 63.8 cm³/mol. The summed E-state index contributed by atoms with van der Waals surface area (Å²) in [4.78, 5) is 18.5. The fourth-order valence-corrected chi connectivity index (χ4v) is 1.50. The molecule has 2 aromatic rings. The van der Waals surface area contributed by atoms with Crippen LogP contribution in [0.5, 0.6) is 0 Å². The molecule has 0 fully saturated rings. The van der Waals surface area contributed by atoms with Crippen molar-refractivity contribution in [1.29, 1.82) is 0 Å². The molecule has 0 spiro atoms. The standard InChI is InChI=1S/C12H9ClN2O2/c13-10-3-1-8(2-4-10)9-6-14-11(15-7-9)5-12(16)17/h1-4,6-7H,5H2,(H,16,17). The number of aliphatic carboxylic acids is 1. The van der Waals surface area contributed by atoms with Crippen molar-refractivity contribution in [2.75, 3.05) is 0 Å². The van der Waals surface area contributed by atoms with Crippen LogP contribution in [0.25, 0.3) is 11.1 Å². The van der Waals surface area contributed by atoms with Crippen LogP contribution in [0.15, 0.2) is 36.7 Å². The first-order valence-electron chi connectivity index (χ1n) is 4.94. The van der Waals surface area contributed by atoms with Crippen molar-refractivity contribution in [3.63, 3.8) is 0 Å². The van der Waals surface area contributed by atoms with Crippen molar-refractivity contribution in [3.05, 3.63) is 47.5 Å². The number of rotatable bonds is 3. The monoisotopic (exact) mass is 248 g/mol. The number of hydrogen-bond donors (Lipinski definition) is 1. The van der Waals surface area contributed by atoms with E-state index in [1.54, 1.807) is 24.5 Å². The third kappa shape index (κ3) is 3.01. The molecule has 2 rings (SSSR count). The zero-order valence-electron chi connectivity index (χ0n) is 8.80. The molecule has 0 radical (unpaired) electrons. The number of halogens is 1. The van der Waals surface area contributed by atoms with E-state index in [1.807, 2.05) is 12.1 Å². The van der Waals surface area contributed by atoms with Gasteiger partial charge in [0.2, 0.25) is 0 Å². The number of benzene rings is 1. The Morgan fingerprint density at radius 3 is 2.24 bits per heavy atom. The molecule has 0 unspecified atom stereocenters. The molecule has 1 aromatic carbocycles. The highest BCUT2D eigenvalue weighted by Crippen LogP contribution is 2.19. The van der Waals surface area contributed by atoms with Crippen molar-refractivity contribution in [2.24, 2.45) is 0 Å².